The largest absolute Gasteiger partial charge is 0.350 e. The molecule has 2 amide bonds. The maximum Gasteiger partial charge on any atom is 0.239 e. The van der Waals surface area contributed by atoms with Gasteiger partial charge in [0.15, 0.2) is 0 Å². The van der Waals surface area contributed by atoms with Gasteiger partial charge in [-0.1, -0.05) is 29.8 Å². The second kappa shape index (κ2) is 7.49. The molecule has 0 radical (unpaired) electrons. The summed E-state index contributed by atoms with van der Waals surface area (Å²) >= 11 is 1.56. The minimum Gasteiger partial charge on any atom is -0.350 e. The number of hydrogen-bond acceptors (Lipinski definition) is 4. The van der Waals surface area contributed by atoms with Crippen LogP contribution in [0, 0.1) is 6.92 Å². The summed E-state index contributed by atoms with van der Waals surface area (Å²) in [5.74, 6) is 0.266. The van der Waals surface area contributed by atoms with Gasteiger partial charge in [0.25, 0.3) is 0 Å². The number of carbonyl (C=O) groups excluding carboxylic acids is 2. The number of benzene rings is 1. The SMILES string of the molecule is Cc1cccc(C2SCC(=O)N2CC(=O)NCc2ccncc2)c1. The van der Waals surface area contributed by atoms with Gasteiger partial charge in [-0.05, 0) is 30.2 Å². The lowest BCUT2D eigenvalue weighted by atomic mass is 10.1. The second-order valence-corrected chi connectivity index (χ2v) is 6.80. The van der Waals surface area contributed by atoms with E-state index >= 15 is 0 Å². The number of pyridine rings is 1. The third kappa shape index (κ3) is 3.94. The average Bonchev–Trinajstić information content (AvgIpc) is 2.95. The van der Waals surface area contributed by atoms with Gasteiger partial charge < -0.3 is 10.2 Å². The van der Waals surface area contributed by atoms with Crippen LogP contribution in [0.25, 0.3) is 0 Å². The predicted molar refractivity (Wildman–Crippen MR) is 94.2 cm³/mol. The molecule has 0 spiro atoms. The number of rotatable bonds is 5. The molecule has 0 bridgehead atoms. The van der Waals surface area contributed by atoms with Crippen molar-refractivity contribution < 1.29 is 9.59 Å². The highest BCUT2D eigenvalue weighted by atomic mass is 32.2. The van der Waals surface area contributed by atoms with Crippen molar-refractivity contribution in [2.75, 3.05) is 12.3 Å². The monoisotopic (exact) mass is 341 g/mol. The van der Waals surface area contributed by atoms with Crippen LogP contribution in [0.5, 0.6) is 0 Å². The van der Waals surface area contributed by atoms with Gasteiger partial charge in [0.05, 0.1) is 5.75 Å². The third-order valence-electron chi connectivity index (χ3n) is 3.85. The number of carbonyl (C=O) groups is 2. The van der Waals surface area contributed by atoms with Crippen LogP contribution >= 0.6 is 11.8 Å². The Labute approximate surface area is 145 Å². The first-order chi connectivity index (χ1) is 11.6. The van der Waals surface area contributed by atoms with E-state index in [1.165, 1.54) is 0 Å². The van der Waals surface area contributed by atoms with E-state index in [2.05, 4.69) is 16.4 Å². The molecule has 1 saturated heterocycles. The molecule has 3 rings (SSSR count). The highest BCUT2D eigenvalue weighted by molar-refractivity contribution is 8.00. The Morgan fingerprint density at radius 1 is 1.33 bits per heavy atom. The fourth-order valence-corrected chi connectivity index (χ4v) is 3.81. The Morgan fingerprint density at radius 2 is 2.12 bits per heavy atom. The first-order valence-corrected chi connectivity index (χ1v) is 8.81. The summed E-state index contributed by atoms with van der Waals surface area (Å²) in [6.07, 6.45) is 3.38. The average molecular weight is 341 g/mol. The topological polar surface area (TPSA) is 62.3 Å². The second-order valence-electron chi connectivity index (χ2n) is 5.73. The van der Waals surface area contributed by atoms with Crippen LogP contribution in [0.2, 0.25) is 0 Å². The first-order valence-electron chi connectivity index (χ1n) is 7.77. The van der Waals surface area contributed by atoms with E-state index in [0.29, 0.717) is 12.3 Å². The van der Waals surface area contributed by atoms with Crippen molar-refractivity contribution in [3.8, 4) is 0 Å². The standard InChI is InChI=1S/C18H19N3O2S/c1-13-3-2-4-15(9-13)18-21(17(23)12-24-18)11-16(22)20-10-14-5-7-19-8-6-14/h2-9,18H,10-12H2,1H3,(H,20,22). The molecule has 1 aliphatic rings. The Bertz CT molecular complexity index is 736. The molecule has 124 valence electrons. The molecule has 1 aromatic carbocycles. The molecule has 24 heavy (non-hydrogen) atoms. The number of hydrogen-bond donors (Lipinski definition) is 1. The lowest BCUT2D eigenvalue weighted by Gasteiger charge is -2.24. The van der Waals surface area contributed by atoms with Gasteiger partial charge in [-0.25, -0.2) is 0 Å². The maximum absolute atomic E-state index is 12.2. The molecular weight excluding hydrogens is 322 g/mol. The van der Waals surface area contributed by atoms with Gasteiger partial charge in [-0.3, -0.25) is 14.6 Å². The Hall–Kier alpha value is -2.34. The van der Waals surface area contributed by atoms with Gasteiger partial charge in [0.1, 0.15) is 11.9 Å². The van der Waals surface area contributed by atoms with E-state index < -0.39 is 0 Å². The lowest BCUT2D eigenvalue weighted by Crippen LogP contribution is -2.39. The molecule has 1 atom stereocenters. The van der Waals surface area contributed by atoms with Gasteiger partial charge in [0.2, 0.25) is 11.8 Å². The summed E-state index contributed by atoms with van der Waals surface area (Å²) < 4.78 is 0. The predicted octanol–water partition coefficient (Wildman–Crippen LogP) is 2.28. The smallest absolute Gasteiger partial charge is 0.239 e. The van der Waals surface area contributed by atoms with Crippen molar-refractivity contribution in [2.45, 2.75) is 18.8 Å². The number of aryl methyl sites for hydroxylation is 1. The molecule has 5 nitrogen and oxygen atoms in total. The molecule has 6 heteroatoms. The minimum absolute atomic E-state index is 0.00515. The number of thioether (sulfide) groups is 1. The van der Waals surface area contributed by atoms with Crippen LogP contribution in [0.15, 0.2) is 48.8 Å². The van der Waals surface area contributed by atoms with Crippen molar-refractivity contribution in [1.82, 2.24) is 15.2 Å². The summed E-state index contributed by atoms with van der Waals surface area (Å²) in [6.45, 7) is 2.54. The lowest BCUT2D eigenvalue weighted by molar-refractivity contribution is -0.133. The molecule has 2 heterocycles. The highest BCUT2D eigenvalue weighted by Gasteiger charge is 2.34. The summed E-state index contributed by atoms with van der Waals surface area (Å²) in [5, 5.41) is 2.77. The highest BCUT2D eigenvalue weighted by Crippen LogP contribution is 2.38. The van der Waals surface area contributed by atoms with E-state index in [4.69, 9.17) is 0 Å². The van der Waals surface area contributed by atoms with Crippen molar-refractivity contribution in [3.63, 3.8) is 0 Å². The number of nitrogens with zero attached hydrogens (tertiary/aromatic N) is 2. The summed E-state index contributed by atoms with van der Waals surface area (Å²) in [7, 11) is 0. The van der Waals surface area contributed by atoms with Crippen molar-refractivity contribution >= 4 is 23.6 Å². The van der Waals surface area contributed by atoms with E-state index in [1.807, 2.05) is 37.3 Å². The molecular formula is C18H19N3O2S. The third-order valence-corrected chi connectivity index (χ3v) is 5.10. The van der Waals surface area contributed by atoms with Crippen molar-refractivity contribution in [2.24, 2.45) is 0 Å². The van der Waals surface area contributed by atoms with E-state index in [9.17, 15) is 9.59 Å². The zero-order valence-corrected chi connectivity index (χ0v) is 14.3. The summed E-state index contributed by atoms with van der Waals surface area (Å²) in [4.78, 5) is 30.0. The van der Waals surface area contributed by atoms with Crippen LogP contribution in [0.4, 0.5) is 0 Å². The summed E-state index contributed by atoms with van der Waals surface area (Å²) in [5.41, 5.74) is 3.19. The molecule has 0 aliphatic carbocycles. The van der Waals surface area contributed by atoms with Crippen LogP contribution < -0.4 is 5.32 Å². The molecule has 2 aromatic rings. The van der Waals surface area contributed by atoms with Gasteiger partial charge in [0, 0.05) is 18.9 Å². The molecule has 1 aliphatic heterocycles. The maximum atomic E-state index is 12.2. The molecule has 0 saturated carbocycles. The Kier molecular flexibility index (Phi) is 5.15. The fourth-order valence-electron chi connectivity index (χ4n) is 2.64. The van der Waals surface area contributed by atoms with Crippen LogP contribution in [-0.2, 0) is 16.1 Å². The van der Waals surface area contributed by atoms with Gasteiger partial charge in [-0.15, -0.1) is 11.8 Å². The first kappa shape index (κ1) is 16.5. The molecule has 1 unspecified atom stereocenters. The minimum atomic E-state index is -0.152. The number of nitrogens with one attached hydrogen (secondary N) is 1. The Morgan fingerprint density at radius 3 is 2.88 bits per heavy atom. The van der Waals surface area contributed by atoms with Gasteiger partial charge in [-0.2, -0.15) is 0 Å². The van der Waals surface area contributed by atoms with E-state index in [-0.39, 0.29) is 23.7 Å². The van der Waals surface area contributed by atoms with Crippen LogP contribution in [-0.4, -0.2) is 34.0 Å². The quantitative estimate of drug-likeness (QED) is 0.906. The normalized spacial score (nSPS) is 17.1. The van der Waals surface area contributed by atoms with E-state index in [0.717, 1.165) is 16.7 Å². The molecule has 1 fully saturated rings. The fraction of sp³-hybridized carbons (Fsp3) is 0.278. The number of amides is 2. The zero-order valence-electron chi connectivity index (χ0n) is 13.4. The summed E-state index contributed by atoms with van der Waals surface area (Å²) in [6, 6.07) is 11.8. The van der Waals surface area contributed by atoms with E-state index in [1.54, 1.807) is 29.1 Å². The van der Waals surface area contributed by atoms with Crippen LogP contribution in [0.1, 0.15) is 22.1 Å². The van der Waals surface area contributed by atoms with Crippen molar-refractivity contribution in [3.05, 3.63) is 65.5 Å². The molecule has 1 aromatic heterocycles. The molecule has 1 N–H and O–H groups in total. The van der Waals surface area contributed by atoms with Gasteiger partial charge >= 0.3 is 0 Å². The number of aromatic nitrogens is 1. The Balaban J connectivity index is 1.63. The van der Waals surface area contributed by atoms with Crippen LogP contribution in [0.3, 0.4) is 0 Å². The van der Waals surface area contributed by atoms with Crippen molar-refractivity contribution in [1.29, 1.82) is 0 Å². The zero-order chi connectivity index (χ0) is 16.9.